The number of esters is 1. The van der Waals surface area contributed by atoms with Crippen molar-refractivity contribution in [1.29, 1.82) is 5.26 Å². The van der Waals surface area contributed by atoms with Gasteiger partial charge in [-0.1, -0.05) is 23.7 Å². The van der Waals surface area contributed by atoms with Gasteiger partial charge in [0.15, 0.2) is 17.6 Å². The smallest absolute Gasteiger partial charge is 0.351 e. The lowest BCUT2D eigenvalue weighted by Crippen LogP contribution is -2.41. The minimum absolute atomic E-state index is 0.00455. The predicted molar refractivity (Wildman–Crippen MR) is 96.7 cm³/mol. The average molecular weight is 387 g/mol. The first-order chi connectivity index (χ1) is 13.0. The second-order valence-corrected chi connectivity index (χ2v) is 6.15. The molecular weight excluding hydrogens is 372 g/mol. The molecule has 2 atom stereocenters. The van der Waals surface area contributed by atoms with Crippen LogP contribution in [-0.4, -0.2) is 30.7 Å². The van der Waals surface area contributed by atoms with Gasteiger partial charge in [-0.05, 0) is 37.3 Å². The molecule has 2 aromatic rings. The fraction of sp³-hybridized carbons (Fsp3) is 0.211. The molecule has 1 N–H and O–H groups in total. The Labute approximate surface area is 160 Å². The van der Waals surface area contributed by atoms with Crippen LogP contribution in [0.25, 0.3) is 0 Å². The van der Waals surface area contributed by atoms with Crippen LogP contribution < -0.4 is 14.8 Å². The van der Waals surface area contributed by atoms with E-state index in [1.807, 2.05) is 6.07 Å². The van der Waals surface area contributed by atoms with Gasteiger partial charge in [0.2, 0.25) is 6.10 Å². The Morgan fingerprint density at radius 2 is 2.04 bits per heavy atom. The minimum Gasteiger partial charge on any atom is -0.485 e. The van der Waals surface area contributed by atoms with Crippen LogP contribution in [-0.2, 0) is 14.3 Å². The first-order valence-electron chi connectivity index (χ1n) is 8.07. The molecule has 0 radical (unpaired) electrons. The van der Waals surface area contributed by atoms with Crippen LogP contribution in [0.2, 0.25) is 5.02 Å². The third-order valence-electron chi connectivity index (χ3n) is 3.79. The minimum atomic E-state index is -1.06. The summed E-state index contributed by atoms with van der Waals surface area (Å²) in [5.74, 6) is -0.258. The molecule has 27 heavy (non-hydrogen) atoms. The second kappa shape index (κ2) is 7.98. The zero-order valence-electron chi connectivity index (χ0n) is 14.3. The average Bonchev–Trinajstić information content (AvgIpc) is 2.67. The Morgan fingerprint density at radius 1 is 1.30 bits per heavy atom. The summed E-state index contributed by atoms with van der Waals surface area (Å²) >= 11 is 5.93. The van der Waals surface area contributed by atoms with E-state index in [1.54, 1.807) is 24.3 Å². The van der Waals surface area contributed by atoms with E-state index in [2.05, 4.69) is 5.32 Å². The Morgan fingerprint density at radius 3 is 2.74 bits per heavy atom. The summed E-state index contributed by atoms with van der Waals surface area (Å²) in [6, 6.07) is 13.4. The summed E-state index contributed by atoms with van der Waals surface area (Å²) in [6.07, 6.45) is -2.02. The molecule has 1 aliphatic rings. The number of hydrogen-bond acceptors (Lipinski definition) is 6. The van der Waals surface area contributed by atoms with E-state index in [4.69, 9.17) is 31.1 Å². The van der Waals surface area contributed by atoms with Gasteiger partial charge in [-0.25, -0.2) is 4.79 Å². The van der Waals surface area contributed by atoms with Crippen molar-refractivity contribution in [2.75, 3.05) is 11.9 Å². The van der Waals surface area contributed by atoms with Gasteiger partial charge >= 0.3 is 5.97 Å². The molecule has 8 heteroatoms. The highest BCUT2D eigenvalue weighted by atomic mass is 35.5. The van der Waals surface area contributed by atoms with Crippen molar-refractivity contribution in [2.45, 2.75) is 19.1 Å². The number of fused-ring (bicyclic) bond motifs is 1. The number of nitrogens with zero attached hydrogens (tertiary/aromatic N) is 1. The Kier molecular flexibility index (Phi) is 5.48. The fourth-order valence-electron chi connectivity index (χ4n) is 2.37. The molecule has 1 amide bonds. The van der Waals surface area contributed by atoms with Crippen LogP contribution in [0.3, 0.4) is 0 Å². The van der Waals surface area contributed by atoms with Crippen LogP contribution in [0, 0.1) is 11.3 Å². The number of nitrogens with one attached hydrogen (secondary N) is 1. The van der Waals surface area contributed by atoms with Gasteiger partial charge in [-0.3, -0.25) is 4.79 Å². The van der Waals surface area contributed by atoms with Crippen LogP contribution in [0.5, 0.6) is 11.5 Å². The van der Waals surface area contributed by atoms with Crippen molar-refractivity contribution in [3.8, 4) is 17.6 Å². The molecule has 0 saturated carbocycles. The van der Waals surface area contributed by atoms with Crippen molar-refractivity contribution in [3.63, 3.8) is 0 Å². The highest BCUT2D eigenvalue weighted by molar-refractivity contribution is 6.32. The van der Waals surface area contributed by atoms with Crippen molar-refractivity contribution >= 4 is 29.2 Å². The molecule has 0 bridgehead atoms. The number of carbonyl (C=O) groups is 2. The topological polar surface area (TPSA) is 97.7 Å². The SMILES string of the molecule is CC(OC(=O)C1COc2ccccc2O1)C(=O)Nc1ccc(C#N)c(Cl)c1. The summed E-state index contributed by atoms with van der Waals surface area (Å²) in [7, 11) is 0. The van der Waals surface area contributed by atoms with Gasteiger partial charge in [0.25, 0.3) is 5.91 Å². The van der Waals surface area contributed by atoms with E-state index in [9.17, 15) is 9.59 Å². The number of hydrogen-bond donors (Lipinski definition) is 1. The zero-order chi connectivity index (χ0) is 19.4. The van der Waals surface area contributed by atoms with Crippen molar-refractivity contribution in [2.24, 2.45) is 0 Å². The predicted octanol–water partition coefficient (Wildman–Crippen LogP) is 2.92. The number of halogens is 1. The first-order valence-corrected chi connectivity index (χ1v) is 8.45. The van der Waals surface area contributed by atoms with Crippen LogP contribution in [0.15, 0.2) is 42.5 Å². The molecule has 0 fully saturated rings. The molecular formula is C19H15ClN2O5. The van der Waals surface area contributed by atoms with Gasteiger partial charge in [0, 0.05) is 5.69 Å². The third-order valence-corrected chi connectivity index (χ3v) is 4.10. The number of amides is 1. The number of nitriles is 1. The van der Waals surface area contributed by atoms with Crippen molar-refractivity contribution in [3.05, 3.63) is 53.1 Å². The van der Waals surface area contributed by atoms with Crippen LogP contribution in [0.1, 0.15) is 12.5 Å². The summed E-state index contributed by atoms with van der Waals surface area (Å²) in [5, 5.41) is 11.7. The number of ether oxygens (including phenoxy) is 3. The van der Waals surface area contributed by atoms with E-state index < -0.39 is 24.1 Å². The number of rotatable bonds is 4. The van der Waals surface area contributed by atoms with E-state index in [-0.39, 0.29) is 11.6 Å². The van der Waals surface area contributed by atoms with E-state index >= 15 is 0 Å². The third kappa shape index (κ3) is 4.30. The molecule has 0 aromatic heterocycles. The number of para-hydroxylation sites is 2. The van der Waals surface area contributed by atoms with Gasteiger partial charge in [0.05, 0.1) is 10.6 Å². The van der Waals surface area contributed by atoms with Gasteiger partial charge in [0.1, 0.15) is 12.7 Å². The molecule has 0 spiro atoms. The molecule has 3 rings (SSSR count). The molecule has 1 heterocycles. The van der Waals surface area contributed by atoms with Gasteiger partial charge < -0.3 is 19.5 Å². The highest BCUT2D eigenvalue weighted by Gasteiger charge is 2.31. The Balaban J connectivity index is 1.57. The first kappa shape index (κ1) is 18.5. The largest absolute Gasteiger partial charge is 0.485 e. The van der Waals surface area contributed by atoms with Crippen molar-refractivity contribution < 1.29 is 23.8 Å². The fourth-order valence-corrected chi connectivity index (χ4v) is 2.59. The Hall–Kier alpha value is -3.24. The maximum atomic E-state index is 12.2. The summed E-state index contributed by atoms with van der Waals surface area (Å²) in [6.45, 7) is 1.44. The second-order valence-electron chi connectivity index (χ2n) is 5.74. The molecule has 2 unspecified atom stereocenters. The zero-order valence-corrected chi connectivity index (χ0v) is 15.0. The molecule has 138 valence electrons. The number of carbonyl (C=O) groups excluding carboxylic acids is 2. The maximum Gasteiger partial charge on any atom is 0.351 e. The molecule has 7 nitrogen and oxygen atoms in total. The standard InChI is InChI=1S/C19H15ClN2O5/c1-11(18(23)22-13-7-6-12(9-21)14(20)8-13)26-19(24)17-10-25-15-4-2-3-5-16(15)27-17/h2-8,11,17H,10H2,1H3,(H,22,23). The molecule has 2 aromatic carbocycles. The van der Waals surface area contributed by atoms with E-state index in [0.717, 1.165) is 0 Å². The van der Waals surface area contributed by atoms with Crippen LogP contribution >= 0.6 is 11.6 Å². The lowest BCUT2D eigenvalue weighted by atomic mass is 10.2. The quantitative estimate of drug-likeness (QED) is 0.811. The lowest BCUT2D eigenvalue weighted by molar-refractivity contribution is -0.162. The summed E-state index contributed by atoms with van der Waals surface area (Å²) in [5.41, 5.74) is 0.682. The molecule has 0 saturated heterocycles. The van der Waals surface area contributed by atoms with E-state index in [1.165, 1.54) is 25.1 Å². The Bertz CT molecular complexity index is 925. The normalized spacial score (nSPS) is 16.0. The number of benzene rings is 2. The summed E-state index contributed by atoms with van der Waals surface area (Å²) in [4.78, 5) is 24.5. The maximum absolute atomic E-state index is 12.2. The van der Waals surface area contributed by atoms with Gasteiger partial charge in [-0.2, -0.15) is 5.26 Å². The van der Waals surface area contributed by atoms with Gasteiger partial charge in [-0.15, -0.1) is 0 Å². The molecule has 0 aliphatic carbocycles. The lowest BCUT2D eigenvalue weighted by Gasteiger charge is -2.25. The number of anilines is 1. The van der Waals surface area contributed by atoms with Crippen molar-refractivity contribution in [1.82, 2.24) is 0 Å². The molecule has 1 aliphatic heterocycles. The summed E-state index contributed by atoms with van der Waals surface area (Å²) < 4.78 is 16.2. The van der Waals surface area contributed by atoms with E-state index in [0.29, 0.717) is 22.7 Å². The van der Waals surface area contributed by atoms with Crippen LogP contribution in [0.4, 0.5) is 5.69 Å². The monoisotopic (exact) mass is 386 g/mol. The highest BCUT2D eigenvalue weighted by Crippen LogP contribution is 2.31.